The average Bonchev–Trinajstić information content (AvgIpc) is 2.42. The fourth-order valence-corrected chi connectivity index (χ4v) is 1.28. The number of hydrogen-bond acceptors (Lipinski definition) is 3. The Morgan fingerprint density at radius 2 is 1.15 bits per heavy atom. The Labute approximate surface area is 140 Å². The third-order valence-corrected chi connectivity index (χ3v) is 2.74. The molecule has 0 aliphatic heterocycles. The molecule has 0 atom stereocenters. The first-order valence-electron chi connectivity index (χ1n) is 6.12. The average molecular weight is 433 g/mol. The normalized spacial score (nSPS) is 15.7. The van der Waals surface area contributed by atoms with Crippen LogP contribution in [0.1, 0.15) is 6.92 Å². The topological polar surface area (TPSA) is 52.3 Å². The molecule has 16 heteroatoms. The van der Waals surface area contributed by atoms with E-state index in [0.29, 0.717) is 0 Å². The quantitative estimate of drug-likeness (QED) is 0.373. The van der Waals surface area contributed by atoms with Gasteiger partial charge in [-0.25, -0.2) is 4.79 Å². The summed E-state index contributed by atoms with van der Waals surface area (Å²) in [4.78, 5) is 10.8. The number of rotatable bonds is 7. The summed E-state index contributed by atoms with van der Waals surface area (Å²) in [6.45, 7) is -2.12. The highest BCUT2D eigenvalue weighted by Crippen LogP contribution is 2.60. The summed E-state index contributed by atoms with van der Waals surface area (Å²) in [5.41, 5.74) is 4.39. The van der Waals surface area contributed by atoms with Gasteiger partial charge in [-0.1, -0.05) is 0 Å². The van der Waals surface area contributed by atoms with Crippen LogP contribution < -0.4 is 5.73 Å². The van der Waals surface area contributed by atoms with Gasteiger partial charge in [0.25, 0.3) is 0 Å². The number of ether oxygens (including phenoxy) is 1. The number of hydrogen-bond donors (Lipinski definition) is 1. The van der Waals surface area contributed by atoms with Crippen LogP contribution >= 0.6 is 0 Å². The Morgan fingerprint density at radius 1 is 0.778 bits per heavy atom. The largest absolute Gasteiger partial charge is 0.460 e. The van der Waals surface area contributed by atoms with Crippen molar-refractivity contribution in [2.45, 2.75) is 42.7 Å². The Morgan fingerprint density at radius 3 is 1.48 bits per heavy atom. The van der Waals surface area contributed by atoms with E-state index in [4.69, 9.17) is 5.73 Å². The molecule has 0 aromatic heterocycles. The van der Waals surface area contributed by atoms with Crippen molar-refractivity contribution in [3.8, 4) is 0 Å². The zero-order chi connectivity index (χ0) is 22.3. The van der Waals surface area contributed by atoms with E-state index in [1.54, 1.807) is 0 Å². The Balaban J connectivity index is 5.94. The van der Waals surface area contributed by atoms with Gasteiger partial charge in [0.1, 0.15) is 0 Å². The summed E-state index contributed by atoms with van der Waals surface area (Å²) in [6, 6.07) is 0. The molecule has 0 rings (SSSR count). The number of carbonyl (C=O) groups is 1. The lowest BCUT2D eigenvalue weighted by atomic mass is 9.94. The zero-order valence-electron chi connectivity index (χ0n) is 12.6. The maximum Gasteiger partial charge on any atom is 0.460 e. The second kappa shape index (κ2) is 6.92. The second-order valence-electron chi connectivity index (χ2n) is 5.00. The van der Waals surface area contributed by atoms with Crippen LogP contribution in [0.2, 0.25) is 0 Å². The SMILES string of the molecule is CC(N)=CC(=O)OCC(F)(F)C(F)(F)C(F)(F)C(F)(F)C(F)(F)C(F)(F)F. The number of alkyl halides is 13. The summed E-state index contributed by atoms with van der Waals surface area (Å²) in [6.07, 6.45) is -7.32. The number of halogens is 13. The highest BCUT2D eigenvalue weighted by Gasteiger charge is 2.90. The molecule has 0 fully saturated rings. The van der Waals surface area contributed by atoms with Gasteiger partial charge in [-0.05, 0) is 6.92 Å². The van der Waals surface area contributed by atoms with Crippen LogP contribution in [0.5, 0.6) is 0 Å². The fraction of sp³-hybridized carbons (Fsp3) is 0.727. The van der Waals surface area contributed by atoms with Gasteiger partial charge < -0.3 is 10.5 Å². The summed E-state index contributed by atoms with van der Waals surface area (Å²) >= 11 is 0. The molecule has 0 aromatic rings. The minimum Gasteiger partial charge on any atom is -0.456 e. The van der Waals surface area contributed by atoms with E-state index in [1.807, 2.05) is 0 Å². The van der Waals surface area contributed by atoms with Crippen LogP contribution in [-0.4, -0.2) is 48.4 Å². The van der Waals surface area contributed by atoms with Crippen molar-refractivity contribution in [2.24, 2.45) is 5.73 Å². The maximum absolute atomic E-state index is 13.2. The molecule has 0 aromatic carbocycles. The van der Waals surface area contributed by atoms with Crippen molar-refractivity contribution in [3.63, 3.8) is 0 Å². The van der Waals surface area contributed by atoms with Gasteiger partial charge in [0.05, 0.1) is 0 Å². The van der Waals surface area contributed by atoms with E-state index >= 15 is 0 Å². The molecule has 160 valence electrons. The molecule has 0 aliphatic carbocycles. The Kier molecular flexibility index (Phi) is 6.44. The van der Waals surface area contributed by atoms with Crippen LogP contribution in [0.25, 0.3) is 0 Å². The molecule has 0 saturated heterocycles. The summed E-state index contributed by atoms with van der Waals surface area (Å²) in [7, 11) is 0. The number of carbonyl (C=O) groups excluding carboxylic acids is 1. The van der Waals surface area contributed by atoms with Crippen molar-refractivity contribution in [2.75, 3.05) is 6.61 Å². The van der Waals surface area contributed by atoms with Crippen molar-refractivity contribution in [1.29, 1.82) is 0 Å². The second-order valence-corrected chi connectivity index (χ2v) is 5.00. The molecule has 0 bridgehead atoms. The van der Waals surface area contributed by atoms with Crippen LogP contribution in [-0.2, 0) is 9.53 Å². The molecule has 27 heavy (non-hydrogen) atoms. The minimum absolute atomic E-state index is 0.165. The number of esters is 1. The Bertz CT molecular complexity index is 590. The first-order chi connectivity index (χ1) is 11.6. The first kappa shape index (κ1) is 25.1. The molecule has 0 amide bonds. The lowest BCUT2D eigenvalue weighted by Gasteiger charge is -2.39. The van der Waals surface area contributed by atoms with Gasteiger partial charge >= 0.3 is 41.8 Å². The Hall–Kier alpha value is -1.90. The van der Waals surface area contributed by atoms with E-state index < -0.39 is 54.1 Å². The van der Waals surface area contributed by atoms with E-state index in [0.717, 1.165) is 6.92 Å². The van der Waals surface area contributed by atoms with Gasteiger partial charge in [0.2, 0.25) is 0 Å². The third-order valence-electron chi connectivity index (χ3n) is 2.74. The smallest absolute Gasteiger partial charge is 0.456 e. The summed E-state index contributed by atoms with van der Waals surface area (Å²) in [5.74, 6) is -39.6. The van der Waals surface area contributed by atoms with Crippen molar-refractivity contribution in [3.05, 3.63) is 11.8 Å². The van der Waals surface area contributed by atoms with Gasteiger partial charge in [-0.15, -0.1) is 0 Å². The van der Waals surface area contributed by atoms with Gasteiger partial charge in [-0.3, -0.25) is 0 Å². The molecule has 0 radical (unpaired) electrons. The maximum atomic E-state index is 13.2. The van der Waals surface area contributed by atoms with E-state index in [2.05, 4.69) is 4.74 Å². The van der Waals surface area contributed by atoms with Crippen molar-refractivity contribution in [1.82, 2.24) is 0 Å². The summed E-state index contributed by atoms with van der Waals surface area (Å²) in [5, 5.41) is 0. The highest BCUT2D eigenvalue weighted by molar-refractivity contribution is 5.82. The van der Waals surface area contributed by atoms with Gasteiger partial charge in [-0.2, -0.15) is 57.1 Å². The molecule has 0 saturated carbocycles. The monoisotopic (exact) mass is 433 g/mol. The van der Waals surface area contributed by atoms with E-state index in [1.165, 1.54) is 0 Å². The molecular weight excluding hydrogens is 425 g/mol. The van der Waals surface area contributed by atoms with Gasteiger partial charge in [0.15, 0.2) is 6.61 Å². The minimum atomic E-state index is -8.00. The highest BCUT2D eigenvalue weighted by atomic mass is 19.4. The van der Waals surface area contributed by atoms with Crippen LogP contribution in [0, 0.1) is 0 Å². The third kappa shape index (κ3) is 4.17. The zero-order valence-corrected chi connectivity index (χ0v) is 12.6. The van der Waals surface area contributed by atoms with E-state index in [9.17, 15) is 61.9 Å². The lowest BCUT2D eigenvalue weighted by Crippen LogP contribution is -2.70. The van der Waals surface area contributed by atoms with Crippen LogP contribution in [0.15, 0.2) is 11.8 Å². The van der Waals surface area contributed by atoms with Crippen LogP contribution in [0.4, 0.5) is 57.1 Å². The lowest BCUT2D eigenvalue weighted by molar-refractivity contribution is -0.441. The van der Waals surface area contributed by atoms with Crippen molar-refractivity contribution >= 4 is 5.97 Å². The van der Waals surface area contributed by atoms with E-state index in [-0.39, 0.29) is 6.08 Å². The molecule has 3 nitrogen and oxygen atoms in total. The molecule has 0 heterocycles. The standard InChI is InChI=1S/C11H8F13NO2/c1-4(25)2-5(26)27-3-6(12,13)7(14,15)8(16,17)9(18,19)10(20,21)11(22,23)24/h2H,3,25H2,1H3. The number of nitrogens with two attached hydrogens (primary N) is 1. The summed E-state index contributed by atoms with van der Waals surface area (Å²) < 4.78 is 169. The molecule has 0 spiro atoms. The predicted octanol–water partition coefficient (Wildman–Crippen LogP) is 4.13. The molecule has 0 unspecified atom stereocenters. The fourth-order valence-electron chi connectivity index (χ4n) is 1.28. The molecule has 0 aliphatic rings. The van der Waals surface area contributed by atoms with Crippen LogP contribution in [0.3, 0.4) is 0 Å². The first-order valence-corrected chi connectivity index (χ1v) is 6.12. The number of allylic oxidation sites excluding steroid dienone is 1. The predicted molar refractivity (Wildman–Crippen MR) is 59.7 cm³/mol. The molecule has 2 N–H and O–H groups in total. The van der Waals surface area contributed by atoms with Crippen molar-refractivity contribution < 1.29 is 66.6 Å². The van der Waals surface area contributed by atoms with Gasteiger partial charge in [0, 0.05) is 11.8 Å². The molecular formula is C11H8F13NO2.